The van der Waals surface area contributed by atoms with E-state index in [1.54, 1.807) is 12.1 Å². The van der Waals surface area contributed by atoms with Crippen LogP contribution in [0.2, 0.25) is 5.02 Å². The average molecular weight is 234 g/mol. The van der Waals surface area contributed by atoms with Gasteiger partial charge in [-0.2, -0.15) is 10.5 Å². The summed E-state index contributed by atoms with van der Waals surface area (Å²) < 4.78 is 0. The van der Waals surface area contributed by atoms with Gasteiger partial charge >= 0.3 is 0 Å². The molecule has 0 aliphatic heterocycles. The van der Waals surface area contributed by atoms with Crippen LogP contribution in [0, 0.1) is 22.7 Å². The molecule has 1 rings (SSSR count). The van der Waals surface area contributed by atoms with E-state index >= 15 is 0 Å². The Morgan fingerprint density at radius 1 is 1.31 bits per heavy atom. The van der Waals surface area contributed by atoms with Crippen LogP contribution < -0.4 is 4.90 Å². The summed E-state index contributed by atoms with van der Waals surface area (Å²) in [6, 6.07) is 8.63. The third-order valence-corrected chi connectivity index (χ3v) is 2.27. The van der Waals surface area contributed by atoms with Crippen LogP contribution in [0.15, 0.2) is 18.2 Å². The smallest absolute Gasteiger partial charge is 0.150 e. The SMILES string of the molecule is N#CCN(CC#N)c1ccc(C=O)cc1Cl. The third-order valence-electron chi connectivity index (χ3n) is 1.97. The maximum absolute atomic E-state index is 10.5. The molecule has 0 saturated heterocycles. The Bertz CT molecular complexity index is 457. The minimum atomic E-state index is 0.0771. The van der Waals surface area contributed by atoms with Crippen molar-refractivity contribution in [3.63, 3.8) is 0 Å². The van der Waals surface area contributed by atoms with Crippen molar-refractivity contribution in [3.05, 3.63) is 28.8 Å². The van der Waals surface area contributed by atoms with Crippen molar-refractivity contribution >= 4 is 23.6 Å². The Balaban J connectivity index is 3.06. The molecule has 4 nitrogen and oxygen atoms in total. The van der Waals surface area contributed by atoms with E-state index in [2.05, 4.69) is 0 Å². The Kier molecular flexibility index (Phi) is 4.32. The predicted octanol–water partition coefficient (Wildman–Crippen LogP) is 2.01. The van der Waals surface area contributed by atoms with Crippen molar-refractivity contribution in [1.29, 1.82) is 10.5 Å². The highest BCUT2D eigenvalue weighted by Crippen LogP contribution is 2.26. The largest absolute Gasteiger partial charge is 0.344 e. The van der Waals surface area contributed by atoms with Crippen molar-refractivity contribution in [2.45, 2.75) is 0 Å². The second kappa shape index (κ2) is 5.75. The van der Waals surface area contributed by atoms with E-state index in [1.807, 2.05) is 12.1 Å². The number of halogens is 1. The van der Waals surface area contributed by atoms with Crippen LogP contribution >= 0.6 is 11.6 Å². The molecule has 0 atom stereocenters. The molecule has 0 radical (unpaired) electrons. The van der Waals surface area contributed by atoms with Gasteiger partial charge in [0.2, 0.25) is 0 Å². The predicted molar refractivity (Wildman–Crippen MR) is 60.3 cm³/mol. The van der Waals surface area contributed by atoms with Gasteiger partial charge in [0.15, 0.2) is 0 Å². The lowest BCUT2D eigenvalue weighted by atomic mass is 10.2. The van der Waals surface area contributed by atoms with E-state index in [1.165, 1.54) is 11.0 Å². The van der Waals surface area contributed by atoms with Crippen molar-refractivity contribution in [1.82, 2.24) is 0 Å². The summed E-state index contributed by atoms with van der Waals surface area (Å²) in [6.45, 7) is 0.154. The van der Waals surface area contributed by atoms with Gasteiger partial charge in [0, 0.05) is 5.56 Å². The Morgan fingerprint density at radius 2 is 1.94 bits per heavy atom. The van der Waals surface area contributed by atoms with Gasteiger partial charge in [0.1, 0.15) is 19.4 Å². The highest BCUT2D eigenvalue weighted by atomic mass is 35.5. The summed E-state index contributed by atoms with van der Waals surface area (Å²) in [5.41, 5.74) is 1.04. The molecule has 16 heavy (non-hydrogen) atoms. The molecule has 1 aromatic carbocycles. The van der Waals surface area contributed by atoms with Gasteiger partial charge in [-0.05, 0) is 18.2 Å². The van der Waals surface area contributed by atoms with Crippen LogP contribution in [0.5, 0.6) is 0 Å². The number of anilines is 1. The van der Waals surface area contributed by atoms with E-state index in [4.69, 9.17) is 22.1 Å². The van der Waals surface area contributed by atoms with Crippen LogP contribution in [0.25, 0.3) is 0 Å². The minimum Gasteiger partial charge on any atom is -0.344 e. The molecule has 0 aromatic heterocycles. The van der Waals surface area contributed by atoms with Crippen LogP contribution in [0.4, 0.5) is 5.69 Å². The van der Waals surface area contributed by atoms with Gasteiger partial charge in [0.05, 0.1) is 22.8 Å². The summed E-state index contributed by atoms with van der Waals surface area (Å²) in [4.78, 5) is 12.1. The van der Waals surface area contributed by atoms with E-state index in [-0.39, 0.29) is 13.1 Å². The van der Waals surface area contributed by atoms with Gasteiger partial charge in [-0.3, -0.25) is 4.79 Å². The normalized spacial score (nSPS) is 8.94. The lowest BCUT2D eigenvalue weighted by Crippen LogP contribution is -2.24. The van der Waals surface area contributed by atoms with Crippen molar-refractivity contribution < 1.29 is 4.79 Å². The first kappa shape index (κ1) is 12.0. The summed E-state index contributed by atoms with van der Waals surface area (Å²) in [5, 5.41) is 17.6. The lowest BCUT2D eigenvalue weighted by Gasteiger charge is -2.19. The van der Waals surface area contributed by atoms with Gasteiger partial charge in [0.25, 0.3) is 0 Å². The molecule has 80 valence electrons. The highest BCUT2D eigenvalue weighted by Gasteiger charge is 2.09. The fraction of sp³-hybridized carbons (Fsp3) is 0.182. The summed E-state index contributed by atoms with van der Waals surface area (Å²) in [7, 11) is 0. The van der Waals surface area contributed by atoms with Gasteiger partial charge in [-0.1, -0.05) is 11.6 Å². The molecular formula is C11H8ClN3O. The molecule has 0 N–H and O–H groups in total. The number of benzene rings is 1. The number of carbonyl (C=O) groups is 1. The van der Waals surface area contributed by atoms with Crippen molar-refractivity contribution in [3.8, 4) is 12.1 Å². The Morgan fingerprint density at radius 3 is 2.38 bits per heavy atom. The molecule has 0 fully saturated rings. The Hall–Kier alpha value is -2.04. The van der Waals surface area contributed by atoms with Crippen LogP contribution in [0.3, 0.4) is 0 Å². The first-order valence-corrected chi connectivity index (χ1v) is 4.84. The number of hydrogen-bond acceptors (Lipinski definition) is 4. The molecule has 0 bridgehead atoms. The first-order valence-electron chi connectivity index (χ1n) is 4.46. The van der Waals surface area contributed by atoms with Crippen LogP contribution in [0.1, 0.15) is 10.4 Å². The number of rotatable bonds is 4. The lowest BCUT2D eigenvalue weighted by molar-refractivity contribution is 0.112. The number of nitrogens with zero attached hydrogens (tertiary/aromatic N) is 3. The molecule has 0 amide bonds. The standard InChI is InChI=1S/C11H8ClN3O/c12-10-7-9(8-16)1-2-11(10)15(5-3-13)6-4-14/h1-2,7-8H,5-6H2. The quantitative estimate of drug-likeness (QED) is 0.589. The van der Waals surface area contributed by atoms with E-state index in [0.717, 1.165) is 0 Å². The fourth-order valence-corrected chi connectivity index (χ4v) is 1.56. The van der Waals surface area contributed by atoms with Crippen molar-refractivity contribution in [2.75, 3.05) is 18.0 Å². The topological polar surface area (TPSA) is 67.9 Å². The fourth-order valence-electron chi connectivity index (χ4n) is 1.25. The number of carbonyl (C=O) groups excluding carboxylic acids is 1. The van der Waals surface area contributed by atoms with Gasteiger partial charge in [-0.15, -0.1) is 0 Å². The average Bonchev–Trinajstić information content (AvgIpc) is 2.29. The molecule has 0 aliphatic carbocycles. The molecule has 5 heteroatoms. The Labute approximate surface area is 98.3 Å². The maximum Gasteiger partial charge on any atom is 0.150 e. The van der Waals surface area contributed by atoms with Gasteiger partial charge in [-0.25, -0.2) is 0 Å². The first-order chi connectivity index (χ1) is 7.72. The summed E-state index contributed by atoms with van der Waals surface area (Å²) in [5.74, 6) is 0. The highest BCUT2D eigenvalue weighted by molar-refractivity contribution is 6.33. The molecule has 0 saturated carbocycles. The van der Waals surface area contributed by atoms with Gasteiger partial charge < -0.3 is 4.90 Å². The summed E-state index contributed by atoms with van der Waals surface area (Å²) in [6.07, 6.45) is 0.689. The molecule has 1 aromatic rings. The second-order valence-electron chi connectivity index (χ2n) is 3.00. The zero-order chi connectivity index (χ0) is 12.0. The number of aldehydes is 1. The molecular weight excluding hydrogens is 226 g/mol. The van der Waals surface area contributed by atoms with E-state index < -0.39 is 0 Å². The molecule has 0 spiro atoms. The summed E-state index contributed by atoms with van der Waals surface area (Å²) >= 11 is 5.96. The molecule has 0 heterocycles. The van der Waals surface area contributed by atoms with E-state index in [9.17, 15) is 4.79 Å². The van der Waals surface area contributed by atoms with E-state index in [0.29, 0.717) is 22.6 Å². The van der Waals surface area contributed by atoms with Crippen LogP contribution in [-0.2, 0) is 0 Å². The maximum atomic E-state index is 10.5. The monoisotopic (exact) mass is 233 g/mol. The molecule has 0 aliphatic rings. The number of hydrogen-bond donors (Lipinski definition) is 0. The zero-order valence-electron chi connectivity index (χ0n) is 8.35. The zero-order valence-corrected chi connectivity index (χ0v) is 9.11. The second-order valence-corrected chi connectivity index (χ2v) is 3.41. The van der Waals surface area contributed by atoms with Crippen molar-refractivity contribution in [2.24, 2.45) is 0 Å². The van der Waals surface area contributed by atoms with Crippen LogP contribution in [-0.4, -0.2) is 19.4 Å². The number of nitriles is 2. The third kappa shape index (κ3) is 2.73. The minimum absolute atomic E-state index is 0.0771. The molecule has 0 unspecified atom stereocenters.